The Kier molecular flexibility index (Phi) is 6.06. The summed E-state index contributed by atoms with van der Waals surface area (Å²) in [4.78, 5) is 24.4. The first kappa shape index (κ1) is 19.3. The van der Waals surface area contributed by atoms with Gasteiger partial charge >= 0.3 is 5.97 Å². The number of carboxylic acid groups (broad SMARTS) is 1. The van der Waals surface area contributed by atoms with E-state index in [0.717, 1.165) is 22.6 Å². The molecule has 0 radical (unpaired) electrons. The molecule has 5 nitrogen and oxygen atoms in total. The largest absolute Gasteiger partial charge is 0.489 e. The van der Waals surface area contributed by atoms with Crippen LogP contribution in [-0.4, -0.2) is 34.0 Å². The molecule has 0 atom stereocenters. The Hall–Kier alpha value is -2.47. The number of carbonyl (C=O) groups is 2. The SMILES string of the molecule is Cc1cccc(COc2cccc(C(=O)NC3(C(=O)O)CCSCC3)c2)c1. The van der Waals surface area contributed by atoms with E-state index in [9.17, 15) is 14.7 Å². The number of hydrogen-bond acceptors (Lipinski definition) is 4. The molecule has 3 rings (SSSR count). The van der Waals surface area contributed by atoms with Gasteiger partial charge in [-0.25, -0.2) is 4.79 Å². The Morgan fingerprint density at radius 3 is 2.59 bits per heavy atom. The number of ether oxygens (including phenoxy) is 1. The van der Waals surface area contributed by atoms with E-state index < -0.39 is 11.5 Å². The second-order valence-corrected chi connectivity index (χ2v) is 7.98. The van der Waals surface area contributed by atoms with Crippen LogP contribution >= 0.6 is 11.8 Å². The molecule has 1 aliphatic heterocycles. The lowest BCUT2D eigenvalue weighted by Gasteiger charge is -2.33. The number of aliphatic carboxylic acids is 1. The first-order valence-corrected chi connectivity index (χ1v) is 10.1. The summed E-state index contributed by atoms with van der Waals surface area (Å²) in [7, 11) is 0. The number of aryl methyl sites for hydroxylation is 1. The molecule has 0 bridgehead atoms. The number of benzene rings is 2. The molecule has 0 saturated carbocycles. The second kappa shape index (κ2) is 8.48. The average molecular weight is 385 g/mol. The van der Waals surface area contributed by atoms with Crippen molar-refractivity contribution in [3.8, 4) is 5.75 Å². The molecular weight excluding hydrogens is 362 g/mol. The van der Waals surface area contributed by atoms with Gasteiger partial charge in [-0.2, -0.15) is 11.8 Å². The number of nitrogens with one attached hydrogen (secondary N) is 1. The van der Waals surface area contributed by atoms with Crippen LogP contribution in [0.2, 0.25) is 0 Å². The summed E-state index contributed by atoms with van der Waals surface area (Å²) < 4.78 is 5.80. The smallest absolute Gasteiger partial charge is 0.329 e. The molecule has 0 spiro atoms. The van der Waals surface area contributed by atoms with E-state index in [4.69, 9.17) is 4.74 Å². The van der Waals surface area contributed by atoms with Crippen molar-refractivity contribution in [1.82, 2.24) is 5.32 Å². The van der Waals surface area contributed by atoms with Gasteiger partial charge in [-0.15, -0.1) is 0 Å². The van der Waals surface area contributed by atoms with Crippen molar-refractivity contribution in [3.63, 3.8) is 0 Å². The van der Waals surface area contributed by atoms with Crippen LogP contribution in [0.15, 0.2) is 48.5 Å². The van der Waals surface area contributed by atoms with Crippen LogP contribution in [0.3, 0.4) is 0 Å². The molecule has 0 aliphatic carbocycles. The normalized spacial score (nSPS) is 15.7. The number of carbonyl (C=O) groups excluding carboxylic acids is 1. The monoisotopic (exact) mass is 385 g/mol. The minimum absolute atomic E-state index is 0.384. The maximum Gasteiger partial charge on any atom is 0.329 e. The summed E-state index contributed by atoms with van der Waals surface area (Å²) in [6.07, 6.45) is 0.866. The van der Waals surface area contributed by atoms with E-state index in [2.05, 4.69) is 5.32 Å². The number of hydrogen-bond donors (Lipinski definition) is 2. The van der Waals surface area contributed by atoms with Crippen LogP contribution in [0.4, 0.5) is 0 Å². The fourth-order valence-electron chi connectivity index (χ4n) is 3.10. The number of thioether (sulfide) groups is 1. The molecule has 2 aromatic carbocycles. The van der Waals surface area contributed by atoms with Crippen molar-refractivity contribution >= 4 is 23.6 Å². The molecule has 6 heteroatoms. The van der Waals surface area contributed by atoms with E-state index in [1.165, 1.54) is 0 Å². The summed E-state index contributed by atoms with van der Waals surface area (Å²) >= 11 is 1.71. The maximum absolute atomic E-state index is 12.7. The van der Waals surface area contributed by atoms with Crippen LogP contribution in [0, 0.1) is 6.92 Å². The quantitative estimate of drug-likeness (QED) is 0.794. The third kappa shape index (κ3) is 4.83. The van der Waals surface area contributed by atoms with Crippen LogP contribution in [0.25, 0.3) is 0 Å². The third-order valence-electron chi connectivity index (χ3n) is 4.69. The summed E-state index contributed by atoms with van der Waals surface area (Å²) in [5.41, 5.74) is 1.43. The molecule has 1 saturated heterocycles. The van der Waals surface area contributed by atoms with Crippen molar-refractivity contribution in [2.75, 3.05) is 11.5 Å². The molecule has 1 heterocycles. The predicted molar refractivity (Wildman–Crippen MR) is 106 cm³/mol. The lowest BCUT2D eigenvalue weighted by Crippen LogP contribution is -2.56. The van der Waals surface area contributed by atoms with E-state index in [-0.39, 0.29) is 5.91 Å². The first-order chi connectivity index (χ1) is 13.0. The zero-order valence-corrected chi connectivity index (χ0v) is 16.1. The Morgan fingerprint density at radius 2 is 1.89 bits per heavy atom. The molecule has 142 valence electrons. The molecule has 27 heavy (non-hydrogen) atoms. The third-order valence-corrected chi connectivity index (χ3v) is 5.68. The van der Waals surface area contributed by atoms with E-state index in [1.807, 2.05) is 31.2 Å². The highest BCUT2D eigenvalue weighted by Gasteiger charge is 2.41. The van der Waals surface area contributed by atoms with Gasteiger partial charge in [-0.05, 0) is 55.0 Å². The molecular formula is C21H23NO4S. The zero-order chi connectivity index (χ0) is 19.3. The average Bonchev–Trinajstić information content (AvgIpc) is 2.67. The van der Waals surface area contributed by atoms with Gasteiger partial charge in [-0.3, -0.25) is 4.79 Å². The molecule has 0 unspecified atom stereocenters. The molecule has 2 aromatic rings. The summed E-state index contributed by atoms with van der Waals surface area (Å²) in [5.74, 6) is 0.680. The fraction of sp³-hybridized carbons (Fsp3) is 0.333. The highest BCUT2D eigenvalue weighted by atomic mass is 32.2. The highest BCUT2D eigenvalue weighted by Crippen LogP contribution is 2.28. The van der Waals surface area contributed by atoms with Crippen molar-refractivity contribution in [2.24, 2.45) is 0 Å². The van der Waals surface area contributed by atoms with Gasteiger partial charge < -0.3 is 15.2 Å². The van der Waals surface area contributed by atoms with Gasteiger partial charge in [-0.1, -0.05) is 35.9 Å². The summed E-state index contributed by atoms with van der Waals surface area (Å²) in [5, 5.41) is 12.4. The number of carboxylic acids is 1. The van der Waals surface area contributed by atoms with Gasteiger partial charge in [0.2, 0.25) is 0 Å². The first-order valence-electron chi connectivity index (χ1n) is 8.91. The van der Waals surface area contributed by atoms with Crippen molar-refractivity contribution in [2.45, 2.75) is 31.9 Å². The topological polar surface area (TPSA) is 75.6 Å². The second-order valence-electron chi connectivity index (χ2n) is 6.76. The van der Waals surface area contributed by atoms with Crippen LogP contribution in [0.1, 0.15) is 34.3 Å². The molecule has 1 amide bonds. The minimum atomic E-state index is -1.18. The van der Waals surface area contributed by atoms with Gasteiger partial charge in [0.25, 0.3) is 5.91 Å². The van der Waals surface area contributed by atoms with E-state index in [1.54, 1.807) is 36.0 Å². The minimum Gasteiger partial charge on any atom is -0.489 e. The van der Waals surface area contributed by atoms with E-state index >= 15 is 0 Å². The van der Waals surface area contributed by atoms with Crippen molar-refractivity contribution < 1.29 is 19.4 Å². The van der Waals surface area contributed by atoms with Crippen LogP contribution in [0.5, 0.6) is 5.75 Å². The number of amides is 1. The van der Waals surface area contributed by atoms with Gasteiger partial charge in [0.15, 0.2) is 0 Å². The Bertz CT molecular complexity index is 830. The lowest BCUT2D eigenvalue weighted by atomic mass is 9.92. The highest BCUT2D eigenvalue weighted by molar-refractivity contribution is 7.99. The maximum atomic E-state index is 12.7. The van der Waals surface area contributed by atoms with Crippen molar-refractivity contribution in [3.05, 3.63) is 65.2 Å². The summed E-state index contributed by atoms with van der Waals surface area (Å²) in [6, 6.07) is 14.9. The molecule has 1 aliphatic rings. The number of rotatable bonds is 6. The van der Waals surface area contributed by atoms with E-state index in [0.29, 0.717) is 30.8 Å². The predicted octanol–water partition coefficient (Wildman–Crippen LogP) is 3.65. The fourth-order valence-corrected chi connectivity index (χ4v) is 4.29. The lowest BCUT2D eigenvalue weighted by molar-refractivity contribution is -0.144. The molecule has 1 fully saturated rings. The molecule has 2 N–H and O–H groups in total. The van der Waals surface area contributed by atoms with Gasteiger partial charge in [0.05, 0.1) is 0 Å². The van der Waals surface area contributed by atoms with Crippen LogP contribution in [-0.2, 0) is 11.4 Å². The molecule has 0 aromatic heterocycles. The Labute approximate surface area is 163 Å². The zero-order valence-electron chi connectivity index (χ0n) is 15.2. The van der Waals surface area contributed by atoms with Crippen molar-refractivity contribution in [1.29, 1.82) is 0 Å². The Morgan fingerprint density at radius 1 is 1.15 bits per heavy atom. The van der Waals surface area contributed by atoms with Gasteiger partial charge in [0, 0.05) is 5.56 Å². The van der Waals surface area contributed by atoms with Crippen LogP contribution < -0.4 is 10.1 Å². The summed E-state index contributed by atoms with van der Waals surface area (Å²) in [6.45, 7) is 2.43. The van der Waals surface area contributed by atoms with Gasteiger partial charge in [0.1, 0.15) is 17.9 Å². The standard InChI is InChI=1S/C21H23NO4S/c1-15-4-2-5-16(12-15)14-26-18-7-3-6-17(13-18)19(23)22-21(20(24)25)8-10-27-11-9-21/h2-7,12-13H,8-11,14H2,1H3,(H,22,23)(H,24,25). The Balaban J connectivity index is 1.68.